The van der Waals surface area contributed by atoms with E-state index < -0.39 is 16.6 Å². The van der Waals surface area contributed by atoms with Gasteiger partial charge in [-0.25, -0.2) is 9.37 Å². The number of methoxy groups -OCH3 is 1. The summed E-state index contributed by atoms with van der Waals surface area (Å²) < 4.78 is 24.5. The largest absolute Gasteiger partial charge is 0.494 e. The van der Waals surface area contributed by atoms with Crippen LogP contribution >= 0.6 is 11.6 Å². The number of fused-ring (bicyclic) bond motifs is 1. The van der Waals surface area contributed by atoms with Gasteiger partial charge in [-0.1, -0.05) is 11.6 Å². The number of ether oxygens (including phenoxy) is 1. The maximum Gasteiger partial charge on any atom is 0.270 e. The molecule has 10 heteroatoms. The molecule has 31 heavy (non-hydrogen) atoms. The third-order valence-corrected chi connectivity index (χ3v) is 4.78. The van der Waals surface area contributed by atoms with Gasteiger partial charge in [0.2, 0.25) is 5.89 Å². The van der Waals surface area contributed by atoms with E-state index >= 15 is 0 Å². The zero-order valence-electron chi connectivity index (χ0n) is 15.9. The molecule has 0 saturated carbocycles. The quantitative estimate of drug-likeness (QED) is 0.325. The number of carbonyl (C=O) groups excluding carboxylic acids is 1. The second-order valence-electron chi connectivity index (χ2n) is 6.43. The highest BCUT2D eigenvalue weighted by Crippen LogP contribution is 2.29. The molecule has 0 bridgehead atoms. The molecule has 3 aromatic carbocycles. The van der Waals surface area contributed by atoms with Gasteiger partial charge in [-0.3, -0.25) is 14.9 Å². The van der Waals surface area contributed by atoms with Crippen LogP contribution in [-0.2, 0) is 0 Å². The summed E-state index contributed by atoms with van der Waals surface area (Å²) >= 11 is 6.01. The molecular formula is C21H13ClFN3O5. The molecule has 8 nitrogen and oxygen atoms in total. The smallest absolute Gasteiger partial charge is 0.270 e. The third kappa shape index (κ3) is 4.03. The fourth-order valence-electron chi connectivity index (χ4n) is 2.93. The lowest BCUT2D eigenvalue weighted by atomic mass is 10.1. The SMILES string of the molecule is COc1ccc(-c2nc3cc(NC(=O)c4cc([N+](=O)[O-])ccc4Cl)ccc3o2)cc1F. The van der Waals surface area contributed by atoms with Crippen LogP contribution in [0, 0.1) is 15.9 Å². The molecule has 0 fully saturated rings. The van der Waals surface area contributed by atoms with Crippen molar-refractivity contribution in [2.24, 2.45) is 0 Å². The summed E-state index contributed by atoms with van der Waals surface area (Å²) in [5, 5.41) is 13.7. The second-order valence-corrected chi connectivity index (χ2v) is 6.83. The number of non-ortho nitro benzene ring substituents is 1. The van der Waals surface area contributed by atoms with Gasteiger partial charge >= 0.3 is 0 Å². The highest BCUT2D eigenvalue weighted by molar-refractivity contribution is 6.34. The van der Waals surface area contributed by atoms with Crippen molar-refractivity contribution in [2.75, 3.05) is 12.4 Å². The Morgan fingerprint density at radius 3 is 2.71 bits per heavy atom. The van der Waals surface area contributed by atoms with Crippen LogP contribution in [0.15, 0.2) is 59.0 Å². The molecule has 1 heterocycles. The van der Waals surface area contributed by atoms with Gasteiger partial charge in [0.05, 0.1) is 22.6 Å². The average molecular weight is 442 g/mol. The standard InChI is InChI=1S/C21H13ClFN3O5/c1-30-18-6-2-11(8-16(18)23)21-25-17-9-12(3-7-19(17)31-21)24-20(27)14-10-13(26(28)29)4-5-15(14)22/h2-10H,1H3,(H,24,27). The van der Waals surface area contributed by atoms with Crippen molar-refractivity contribution in [3.05, 3.63) is 81.1 Å². The zero-order valence-corrected chi connectivity index (χ0v) is 16.6. The summed E-state index contributed by atoms with van der Waals surface area (Å²) in [4.78, 5) is 27.2. The molecule has 0 aliphatic carbocycles. The van der Waals surface area contributed by atoms with Gasteiger partial charge in [-0.05, 0) is 42.5 Å². The predicted molar refractivity (Wildman–Crippen MR) is 112 cm³/mol. The Balaban J connectivity index is 1.62. The van der Waals surface area contributed by atoms with E-state index in [1.54, 1.807) is 24.3 Å². The van der Waals surface area contributed by atoms with Crippen LogP contribution in [0.2, 0.25) is 5.02 Å². The Kier molecular flexibility index (Phi) is 5.26. The first kappa shape index (κ1) is 20.3. The molecule has 4 aromatic rings. The number of anilines is 1. The summed E-state index contributed by atoms with van der Waals surface area (Å²) in [6, 6.07) is 12.7. The van der Waals surface area contributed by atoms with Gasteiger partial charge in [-0.15, -0.1) is 0 Å². The molecule has 0 radical (unpaired) electrons. The summed E-state index contributed by atoms with van der Waals surface area (Å²) in [7, 11) is 1.37. The summed E-state index contributed by atoms with van der Waals surface area (Å²) in [5.41, 5.74) is 1.36. The second kappa shape index (κ2) is 8.04. The minimum absolute atomic E-state index is 0.0366. The first-order valence-corrected chi connectivity index (χ1v) is 9.23. The number of aromatic nitrogens is 1. The van der Waals surface area contributed by atoms with Crippen molar-refractivity contribution in [2.45, 2.75) is 0 Å². The first-order valence-electron chi connectivity index (χ1n) is 8.85. The van der Waals surface area contributed by atoms with Crippen molar-refractivity contribution >= 4 is 40.0 Å². The Bertz CT molecular complexity index is 1340. The molecule has 156 valence electrons. The molecular weight excluding hydrogens is 429 g/mol. The third-order valence-electron chi connectivity index (χ3n) is 4.45. The number of nitro benzene ring substituents is 1. The first-order chi connectivity index (χ1) is 14.9. The fourth-order valence-corrected chi connectivity index (χ4v) is 3.13. The lowest BCUT2D eigenvalue weighted by Crippen LogP contribution is -2.12. The van der Waals surface area contributed by atoms with Gasteiger partial charge in [0.25, 0.3) is 11.6 Å². The number of carbonyl (C=O) groups is 1. The Labute approximate surface area is 179 Å². The van der Waals surface area contributed by atoms with Crippen LogP contribution in [0.5, 0.6) is 5.75 Å². The molecule has 4 rings (SSSR count). The minimum Gasteiger partial charge on any atom is -0.494 e. The van der Waals surface area contributed by atoms with E-state index in [2.05, 4.69) is 10.3 Å². The van der Waals surface area contributed by atoms with E-state index in [4.69, 9.17) is 20.8 Å². The van der Waals surface area contributed by atoms with Crippen molar-refractivity contribution in [3.8, 4) is 17.2 Å². The number of nitrogens with one attached hydrogen (secondary N) is 1. The van der Waals surface area contributed by atoms with E-state index in [0.717, 1.165) is 6.07 Å². The van der Waals surface area contributed by atoms with Crippen molar-refractivity contribution in [1.29, 1.82) is 0 Å². The van der Waals surface area contributed by atoms with E-state index in [1.165, 1.54) is 31.4 Å². The summed E-state index contributed by atoms with van der Waals surface area (Å²) in [6.45, 7) is 0. The normalized spacial score (nSPS) is 10.8. The van der Waals surface area contributed by atoms with E-state index in [0.29, 0.717) is 22.4 Å². The van der Waals surface area contributed by atoms with Gasteiger partial charge in [0.1, 0.15) is 5.52 Å². The summed E-state index contributed by atoms with van der Waals surface area (Å²) in [6.07, 6.45) is 0. The molecule has 0 aliphatic heterocycles. The molecule has 0 saturated heterocycles. The lowest BCUT2D eigenvalue weighted by molar-refractivity contribution is -0.384. The lowest BCUT2D eigenvalue weighted by Gasteiger charge is -2.06. The molecule has 0 atom stereocenters. The van der Waals surface area contributed by atoms with Crippen molar-refractivity contribution < 1.29 is 23.3 Å². The highest BCUT2D eigenvalue weighted by Gasteiger charge is 2.17. The number of benzene rings is 3. The van der Waals surface area contributed by atoms with Gasteiger partial charge < -0.3 is 14.5 Å². The number of halogens is 2. The van der Waals surface area contributed by atoms with Crippen molar-refractivity contribution in [3.63, 3.8) is 0 Å². The number of amides is 1. The molecule has 0 aliphatic rings. The van der Waals surface area contributed by atoms with Crippen LogP contribution in [0.25, 0.3) is 22.6 Å². The van der Waals surface area contributed by atoms with E-state index in [-0.39, 0.29) is 27.9 Å². The van der Waals surface area contributed by atoms with Crippen molar-refractivity contribution in [1.82, 2.24) is 4.98 Å². The Hall–Kier alpha value is -3.98. The Morgan fingerprint density at radius 2 is 2.00 bits per heavy atom. The van der Waals surface area contributed by atoms with Crippen LogP contribution in [0.3, 0.4) is 0 Å². The number of nitro groups is 1. The minimum atomic E-state index is -0.617. The monoisotopic (exact) mass is 441 g/mol. The van der Waals surface area contributed by atoms with E-state index in [9.17, 15) is 19.3 Å². The van der Waals surface area contributed by atoms with Gasteiger partial charge in [0.15, 0.2) is 17.1 Å². The molecule has 1 amide bonds. The number of hydrogen-bond donors (Lipinski definition) is 1. The predicted octanol–water partition coefficient (Wildman–Crippen LogP) is 5.46. The van der Waals surface area contributed by atoms with Crippen LogP contribution in [0.1, 0.15) is 10.4 Å². The number of rotatable bonds is 5. The maximum atomic E-state index is 14.0. The average Bonchev–Trinajstić information content (AvgIpc) is 3.17. The summed E-state index contributed by atoms with van der Waals surface area (Å²) in [5.74, 6) is -0.871. The maximum absolute atomic E-state index is 14.0. The van der Waals surface area contributed by atoms with E-state index in [1.807, 2.05) is 0 Å². The fraction of sp³-hybridized carbons (Fsp3) is 0.0476. The molecule has 0 unspecified atom stereocenters. The molecule has 1 N–H and O–H groups in total. The van der Waals surface area contributed by atoms with Crippen LogP contribution in [0.4, 0.5) is 15.8 Å². The molecule has 1 aromatic heterocycles. The van der Waals surface area contributed by atoms with Gasteiger partial charge in [-0.2, -0.15) is 0 Å². The number of nitrogens with zero attached hydrogens (tertiary/aromatic N) is 2. The topological polar surface area (TPSA) is 108 Å². The van der Waals surface area contributed by atoms with Gasteiger partial charge in [0, 0.05) is 23.4 Å². The molecule has 0 spiro atoms. The number of oxazole rings is 1. The Morgan fingerprint density at radius 1 is 1.19 bits per heavy atom. The highest BCUT2D eigenvalue weighted by atomic mass is 35.5. The van der Waals surface area contributed by atoms with Crippen LogP contribution in [-0.4, -0.2) is 22.9 Å². The van der Waals surface area contributed by atoms with Crippen LogP contribution < -0.4 is 10.1 Å². The number of hydrogen-bond acceptors (Lipinski definition) is 6. The zero-order chi connectivity index (χ0) is 22.1.